The fourth-order valence-electron chi connectivity index (χ4n) is 1.03. The van der Waals surface area contributed by atoms with Crippen molar-refractivity contribution < 1.29 is 143 Å². The molecule has 27 heteroatoms. The van der Waals surface area contributed by atoms with Crippen LogP contribution in [0.4, 0.5) is 0 Å². The van der Waals surface area contributed by atoms with Gasteiger partial charge >= 0.3 is 41.8 Å². The normalized spacial score (nSPS) is 14.7. The van der Waals surface area contributed by atoms with Crippen LogP contribution in [0.25, 0.3) is 0 Å². The molecule has 0 aromatic carbocycles. The van der Waals surface area contributed by atoms with Crippen LogP contribution in [0, 0.1) is 0 Å². The Labute approximate surface area is 263 Å². The van der Waals surface area contributed by atoms with E-state index in [0.717, 1.165) is 0 Å². The Morgan fingerprint density at radius 3 is 0.372 bits per heavy atom. The van der Waals surface area contributed by atoms with Gasteiger partial charge in [0.25, 0.3) is 0 Å². The summed E-state index contributed by atoms with van der Waals surface area (Å²) in [4.78, 5) is 77.1. The fraction of sp³-hybridized carbons (Fsp3) is 0.500. The van der Waals surface area contributed by atoms with Crippen molar-refractivity contribution in [3.8, 4) is 0 Å². The summed E-state index contributed by atoms with van der Waals surface area (Å²) in [6.45, 7) is 0. The van der Waals surface area contributed by atoms with Crippen molar-refractivity contribution in [3.05, 3.63) is 0 Å². The SMILES string of the molecule is O=C([O-])C(O)C(O)C(=O)[O-].O=C([O-])C(O)C(O)C(=O)[O-].O=C([O-])C(O)C(O)C(=O)[O-].O=C([O-])C(O)C(O)C(=O)[O-].[Cr+3].[OH4+2].[Sb+3]. The summed E-state index contributed by atoms with van der Waals surface area (Å²) >= 11 is 0. The number of aliphatic hydroxyl groups excluding tert-OH is 8. The van der Waals surface area contributed by atoms with Gasteiger partial charge in [-0.1, -0.05) is 0 Å². The van der Waals surface area contributed by atoms with Crippen molar-refractivity contribution in [3.63, 3.8) is 0 Å². The first-order chi connectivity index (χ1) is 17.9. The summed E-state index contributed by atoms with van der Waals surface area (Å²) in [6.07, 6.45) is -19.5. The largest absolute Gasteiger partial charge is 3.00 e. The van der Waals surface area contributed by atoms with E-state index in [1.165, 1.54) is 0 Å². The molecule has 8 unspecified atom stereocenters. The van der Waals surface area contributed by atoms with Gasteiger partial charge in [-0.15, -0.1) is 0 Å². The van der Waals surface area contributed by atoms with Crippen molar-refractivity contribution in [2.75, 3.05) is 0 Å². The molecule has 12 N–H and O–H groups in total. The van der Waals surface area contributed by atoms with Crippen molar-refractivity contribution in [2.24, 2.45) is 0 Å². The zero-order valence-corrected chi connectivity index (χ0v) is 24.1. The molecule has 245 valence electrons. The Bertz CT molecular complexity index is 694. The Balaban J connectivity index is -0.0000000785. The smallest absolute Gasteiger partial charge is 0.873 e. The fourth-order valence-corrected chi connectivity index (χ4v) is 1.03. The maximum absolute atomic E-state index is 9.63. The Morgan fingerprint density at radius 2 is 0.349 bits per heavy atom. The third-order valence-electron chi connectivity index (χ3n) is 3.13. The van der Waals surface area contributed by atoms with Crippen LogP contribution in [0.5, 0.6) is 0 Å². The molecule has 0 spiro atoms. The Morgan fingerprint density at radius 1 is 0.302 bits per heavy atom. The summed E-state index contributed by atoms with van der Waals surface area (Å²) in [7, 11) is 0. The van der Waals surface area contributed by atoms with Gasteiger partial charge in [0, 0.05) is 0 Å². The molecule has 0 saturated heterocycles. The minimum atomic E-state index is -2.44. The zero-order chi connectivity index (χ0) is 33.2. The molecule has 0 saturated carbocycles. The number of hydrogen-bond acceptors (Lipinski definition) is 24. The van der Waals surface area contributed by atoms with E-state index >= 15 is 0 Å². The third kappa shape index (κ3) is 26.1. The summed E-state index contributed by atoms with van der Waals surface area (Å²) in [5.74, 6) is -16.5. The number of rotatable bonds is 12. The molecule has 0 amide bonds. The topological polar surface area (TPSA) is 517 Å². The molecule has 0 aliphatic carbocycles. The number of aliphatic carboxylic acids is 8. The molecule has 0 rings (SSSR count). The summed E-state index contributed by atoms with van der Waals surface area (Å²) < 4.78 is 0. The van der Waals surface area contributed by atoms with Crippen molar-refractivity contribution in [1.82, 2.24) is 0 Å². The van der Waals surface area contributed by atoms with E-state index in [9.17, 15) is 79.2 Å². The van der Waals surface area contributed by atoms with E-state index in [0.29, 0.717) is 0 Å². The van der Waals surface area contributed by atoms with E-state index in [-0.39, 0.29) is 47.3 Å². The molecular weight excluding hydrogens is 766 g/mol. The predicted molar refractivity (Wildman–Crippen MR) is 100 cm³/mol. The molecule has 0 aliphatic heterocycles. The minimum Gasteiger partial charge on any atom is -0.873 e. The van der Waals surface area contributed by atoms with E-state index in [1.54, 1.807) is 0 Å². The van der Waals surface area contributed by atoms with Gasteiger partial charge in [-0.25, -0.2) is 0 Å². The molecule has 0 aromatic rings. The predicted octanol–water partition coefficient (Wildman–Crippen LogP) is -20.7. The average Bonchev–Trinajstić information content (AvgIpc) is 2.85. The molecule has 0 bridgehead atoms. The van der Waals surface area contributed by atoms with Crippen LogP contribution >= 0.6 is 0 Å². The number of aliphatic hydroxyl groups is 8. The van der Waals surface area contributed by atoms with Crippen molar-refractivity contribution in [1.29, 1.82) is 0 Å². The molecule has 43 heavy (non-hydrogen) atoms. The van der Waals surface area contributed by atoms with Gasteiger partial charge in [0.1, 0.15) is 48.8 Å². The van der Waals surface area contributed by atoms with E-state index < -0.39 is 96.6 Å². The van der Waals surface area contributed by atoms with Gasteiger partial charge in [-0.05, 0) is 0 Å². The molecule has 0 heterocycles. The maximum atomic E-state index is 9.63. The first-order valence-corrected chi connectivity index (χ1v) is 8.97. The summed E-state index contributed by atoms with van der Waals surface area (Å²) in [5.41, 5.74) is 0. The van der Waals surface area contributed by atoms with Crippen LogP contribution in [0.15, 0.2) is 0 Å². The van der Waals surface area contributed by atoms with Crippen LogP contribution in [0.3, 0.4) is 0 Å². The number of carbonyl (C=O) groups excluding carboxylic acids is 8. The average molecular weight is 786 g/mol. The molecule has 25 nitrogen and oxygen atoms in total. The summed E-state index contributed by atoms with van der Waals surface area (Å²) in [5, 5.41) is 143. The van der Waals surface area contributed by atoms with Gasteiger partial charge < -0.3 is 126 Å². The van der Waals surface area contributed by atoms with E-state index in [4.69, 9.17) is 40.9 Å². The number of hydrogen-bond donors (Lipinski definition) is 8. The second kappa shape index (κ2) is 27.6. The standard InChI is InChI=1S/4C4H6O6.Cr.H4O.Sb/c4*5-1(3(7)8)2(6)4(9)10;;;/h4*1-2,5-6H,(H,7,8)(H,9,10);;1H4;/q;;;;+3;+2;+3/p-8. The zero-order valence-electron chi connectivity index (χ0n) is 20.3. The molecule has 8 atom stereocenters. The Hall–Kier alpha value is -3.25. The first kappa shape index (κ1) is 55.6. The Kier molecular flexibility index (Phi) is 35.7. The van der Waals surface area contributed by atoms with Gasteiger partial charge in [-0.3, -0.25) is 0 Å². The van der Waals surface area contributed by atoms with E-state index in [1.807, 2.05) is 0 Å². The number of carbonyl (C=O) groups is 8. The first-order valence-electron chi connectivity index (χ1n) is 8.97. The summed E-state index contributed by atoms with van der Waals surface area (Å²) in [6, 6.07) is 0. The van der Waals surface area contributed by atoms with Crippen molar-refractivity contribution in [2.45, 2.75) is 48.8 Å². The van der Waals surface area contributed by atoms with Crippen LogP contribution < -0.4 is 40.9 Å². The minimum absolute atomic E-state index is 0. The quantitative estimate of drug-likeness (QED) is 0.0851. The molecular formula is C16H20CrO25Sb. The van der Waals surface area contributed by atoms with Gasteiger partial charge in [0.05, 0.1) is 47.8 Å². The van der Waals surface area contributed by atoms with Gasteiger partial charge in [0.15, 0.2) is 0 Å². The molecule has 0 fully saturated rings. The van der Waals surface area contributed by atoms with Crippen LogP contribution in [0.1, 0.15) is 0 Å². The molecule has 0 aromatic heterocycles. The maximum Gasteiger partial charge on any atom is 3.00 e. The van der Waals surface area contributed by atoms with E-state index in [2.05, 4.69) is 0 Å². The van der Waals surface area contributed by atoms with Gasteiger partial charge in [-0.2, -0.15) is 0 Å². The monoisotopic (exact) mass is 785 g/mol. The molecule has 0 aliphatic rings. The second-order valence-corrected chi connectivity index (χ2v) is 6.11. The second-order valence-electron chi connectivity index (χ2n) is 6.11. The molecule has 3 radical (unpaired) electrons. The van der Waals surface area contributed by atoms with Crippen LogP contribution in [-0.4, -0.2) is 162 Å². The number of carboxylic acids is 8. The van der Waals surface area contributed by atoms with Gasteiger partial charge in [0.2, 0.25) is 0 Å². The number of carboxylic acid groups (broad SMARTS) is 8. The van der Waals surface area contributed by atoms with Crippen molar-refractivity contribution >= 4 is 72.2 Å². The van der Waals surface area contributed by atoms with Crippen LogP contribution in [0.2, 0.25) is 0 Å². The van der Waals surface area contributed by atoms with Crippen LogP contribution in [-0.2, 0) is 61.2 Å². The third-order valence-corrected chi connectivity index (χ3v) is 3.13.